The summed E-state index contributed by atoms with van der Waals surface area (Å²) in [4.78, 5) is 39.2. The fourth-order valence-electron chi connectivity index (χ4n) is 3.96. The lowest BCUT2D eigenvalue weighted by atomic mass is 9.99. The summed E-state index contributed by atoms with van der Waals surface area (Å²) in [7, 11) is 4.00. The first-order valence-corrected chi connectivity index (χ1v) is 10.8. The zero-order valence-electron chi connectivity index (χ0n) is 19.5. The molecule has 176 valence electrons. The predicted molar refractivity (Wildman–Crippen MR) is 133 cm³/mol. The molecule has 0 bridgehead atoms. The highest BCUT2D eigenvalue weighted by Gasteiger charge is 2.27. The Hall–Kier alpha value is -4.65. The average Bonchev–Trinajstić information content (AvgIpc) is 2.92. The van der Waals surface area contributed by atoms with Gasteiger partial charge in [0.2, 0.25) is 5.43 Å². The van der Waals surface area contributed by atoms with Gasteiger partial charge in [-0.25, -0.2) is 9.59 Å². The number of nitrogens with zero attached hydrogens (tertiary/aromatic N) is 1. The minimum absolute atomic E-state index is 0.161. The van der Waals surface area contributed by atoms with Gasteiger partial charge in [-0.1, -0.05) is 60.7 Å². The van der Waals surface area contributed by atoms with Crippen molar-refractivity contribution in [2.75, 3.05) is 21.3 Å². The first-order valence-electron chi connectivity index (χ1n) is 10.8. The molecule has 0 atom stereocenters. The Bertz CT molecular complexity index is 1490. The number of hydrogen-bond acceptors (Lipinski definition) is 6. The van der Waals surface area contributed by atoms with Crippen LogP contribution in [0.25, 0.3) is 27.9 Å². The minimum atomic E-state index is -0.794. The van der Waals surface area contributed by atoms with Gasteiger partial charge in [-0.05, 0) is 29.3 Å². The molecule has 0 aliphatic rings. The van der Waals surface area contributed by atoms with Crippen molar-refractivity contribution in [3.63, 3.8) is 0 Å². The molecule has 4 rings (SSSR count). The lowest BCUT2D eigenvalue weighted by molar-refractivity contribution is -0.134. The van der Waals surface area contributed by atoms with Crippen molar-refractivity contribution in [2.24, 2.45) is 0 Å². The molecule has 0 saturated heterocycles. The Balaban J connectivity index is 2.29. The molecule has 3 aromatic carbocycles. The number of pyridine rings is 1. The van der Waals surface area contributed by atoms with Crippen molar-refractivity contribution >= 4 is 28.5 Å². The third-order valence-corrected chi connectivity index (χ3v) is 5.58. The van der Waals surface area contributed by atoms with Gasteiger partial charge in [0.1, 0.15) is 11.3 Å². The maximum Gasteiger partial charge on any atom is 0.344 e. The molecule has 0 saturated carbocycles. The van der Waals surface area contributed by atoms with Crippen molar-refractivity contribution in [1.82, 2.24) is 4.57 Å². The van der Waals surface area contributed by atoms with Crippen LogP contribution in [0.15, 0.2) is 89.7 Å². The van der Waals surface area contributed by atoms with E-state index in [4.69, 9.17) is 14.2 Å². The third-order valence-electron chi connectivity index (χ3n) is 5.58. The number of benzene rings is 3. The van der Waals surface area contributed by atoms with E-state index in [2.05, 4.69) is 0 Å². The van der Waals surface area contributed by atoms with Crippen LogP contribution in [0, 0.1) is 0 Å². The number of esters is 2. The highest BCUT2D eigenvalue weighted by Crippen LogP contribution is 2.33. The summed E-state index contributed by atoms with van der Waals surface area (Å²) < 4.78 is 17.0. The van der Waals surface area contributed by atoms with Gasteiger partial charge in [0.15, 0.2) is 0 Å². The van der Waals surface area contributed by atoms with Crippen LogP contribution in [0.4, 0.5) is 0 Å². The Morgan fingerprint density at radius 3 is 2.09 bits per heavy atom. The van der Waals surface area contributed by atoms with E-state index in [1.54, 1.807) is 47.0 Å². The van der Waals surface area contributed by atoms with Crippen molar-refractivity contribution in [3.8, 4) is 17.0 Å². The fourth-order valence-corrected chi connectivity index (χ4v) is 3.96. The smallest absolute Gasteiger partial charge is 0.344 e. The fraction of sp³-hybridized carbons (Fsp3) is 0.107. The molecule has 0 fully saturated rings. The Kier molecular flexibility index (Phi) is 6.78. The van der Waals surface area contributed by atoms with E-state index in [-0.39, 0.29) is 10.9 Å². The van der Waals surface area contributed by atoms with Crippen LogP contribution in [-0.4, -0.2) is 37.8 Å². The minimum Gasteiger partial charge on any atom is -0.497 e. The number of aromatic nitrogens is 1. The quantitative estimate of drug-likeness (QED) is 0.305. The number of hydrogen-bond donors (Lipinski definition) is 0. The van der Waals surface area contributed by atoms with Gasteiger partial charge in [0.25, 0.3) is 0 Å². The van der Waals surface area contributed by atoms with Gasteiger partial charge < -0.3 is 18.8 Å². The highest BCUT2D eigenvalue weighted by molar-refractivity contribution is 6.04. The molecule has 0 radical (unpaired) electrons. The lowest BCUT2D eigenvalue weighted by Gasteiger charge is -2.23. The van der Waals surface area contributed by atoms with E-state index in [1.807, 2.05) is 36.4 Å². The predicted octanol–water partition coefficient (Wildman–Crippen LogP) is 4.53. The molecule has 7 nitrogen and oxygen atoms in total. The number of ether oxygens (including phenoxy) is 3. The second kappa shape index (κ2) is 10.1. The maximum atomic E-state index is 13.7. The van der Waals surface area contributed by atoms with Crippen LogP contribution in [0.1, 0.15) is 15.9 Å². The van der Waals surface area contributed by atoms with E-state index in [9.17, 15) is 14.4 Å². The van der Waals surface area contributed by atoms with Crippen LogP contribution >= 0.6 is 0 Å². The van der Waals surface area contributed by atoms with Crippen molar-refractivity contribution in [2.45, 2.75) is 0 Å². The van der Waals surface area contributed by atoms with Gasteiger partial charge in [0, 0.05) is 6.08 Å². The van der Waals surface area contributed by atoms with Gasteiger partial charge in [-0.2, -0.15) is 0 Å². The molecular weight excluding hydrogens is 446 g/mol. The summed E-state index contributed by atoms with van der Waals surface area (Å²) in [6.07, 6.45) is 1.33. The molecule has 35 heavy (non-hydrogen) atoms. The molecule has 7 heteroatoms. The number of methoxy groups -OCH3 is 3. The standard InChI is InChI=1S/C28H23NO6/c1-33-20-14-15-22-21(16-20)27(31)25(28(32)35-3)26(19-12-8-5-9-13-19)29(22)23(17-24(30)34-2)18-10-6-4-7-11-18/h4-17H,1-3H3/b23-17-. The first-order chi connectivity index (χ1) is 17.0. The van der Waals surface area contributed by atoms with Gasteiger partial charge in [-0.15, -0.1) is 0 Å². The van der Waals surface area contributed by atoms with Crippen LogP contribution < -0.4 is 10.2 Å². The van der Waals surface area contributed by atoms with Crippen LogP contribution in [0.5, 0.6) is 5.75 Å². The van der Waals surface area contributed by atoms with Gasteiger partial charge in [0.05, 0.1) is 43.6 Å². The molecule has 0 spiro atoms. The van der Waals surface area contributed by atoms with Crippen molar-refractivity contribution in [3.05, 3.63) is 106 Å². The molecule has 0 amide bonds. The second-order valence-electron chi connectivity index (χ2n) is 7.55. The normalized spacial score (nSPS) is 11.2. The summed E-state index contributed by atoms with van der Waals surface area (Å²) in [5.41, 5.74) is 1.77. The summed E-state index contributed by atoms with van der Waals surface area (Å²) in [6, 6.07) is 23.2. The largest absolute Gasteiger partial charge is 0.497 e. The second-order valence-corrected chi connectivity index (χ2v) is 7.55. The van der Waals surface area contributed by atoms with Gasteiger partial charge in [-0.3, -0.25) is 4.79 Å². The lowest BCUT2D eigenvalue weighted by Crippen LogP contribution is -2.23. The van der Waals surface area contributed by atoms with E-state index in [0.717, 1.165) is 0 Å². The molecule has 0 unspecified atom stereocenters. The Labute approximate surface area is 201 Å². The SMILES string of the molecule is COC(=O)/C=C(/c1ccccc1)n1c(-c2ccccc2)c(C(=O)OC)c(=O)c2cc(OC)ccc21. The number of carbonyl (C=O) groups is 2. The summed E-state index contributed by atoms with van der Waals surface area (Å²) >= 11 is 0. The third kappa shape index (κ3) is 4.44. The number of rotatable bonds is 6. The zero-order chi connectivity index (χ0) is 24.9. The number of fused-ring (bicyclic) bond motifs is 1. The van der Waals surface area contributed by atoms with Crippen LogP contribution in [0.3, 0.4) is 0 Å². The highest BCUT2D eigenvalue weighted by atomic mass is 16.5. The maximum absolute atomic E-state index is 13.7. The number of carbonyl (C=O) groups excluding carboxylic acids is 2. The molecule has 4 aromatic rings. The van der Waals surface area contributed by atoms with E-state index >= 15 is 0 Å². The first kappa shape index (κ1) is 23.5. The summed E-state index contributed by atoms with van der Waals surface area (Å²) in [5, 5.41) is 0.233. The Morgan fingerprint density at radius 2 is 1.49 bits per heavy atom. The van der Waals surface area contributed by atoms with Gasteiger partial charge >= 0.3 is 11.9 Å². The molecule has 1 aromatic heterocycles. The average molecular weight is 469 g/mol. The molecule has 0 aliphatic heterocycles. The molecular formula is C28H23NO6. The van der Waals surface area contributed by atoms with E-state index < -0.39 is 17.4 Å². The molecule has 0 N–H and O–H groups in total. The van der Waals surface area contributed by atoms with Crippen molar-refractivity contribution in [1.29, 1.82) is 0 Å². The zero-order valence-corrected chi connectivity index (χ0v) is 19.5. The Morgan fingerprint density at radius 1 is 0.829 bits per heavy atom. The monoisotopic (exact) mass is 469 g/mol. The molecule has 0 aliphatic carbocycles. The van der Waals surface area contributed by atoms with E-state index in [0.29, 0.717) is 33.8 Å². The van der Waals surface area contributed by atoms with E-state index in [1.165, 1.54) is 27.4 Å². The molecule has 1 heterocycles. The van der Waals surface area contributed by atoms with Crippen molar-refractivity contribution < 1.29 is 23.8 Å². The summed E-state index contributed by atoms with van der Waals surface area (Å²) in [5.74, 6) is -0.941. The topological polar surface area (TPSA) is 83.8 Å². The van der Waals surface area contributed by atoms with Crippen LogP contribution in [0.2, 0.25) is 0 Å². The van der Waals surface area contributed by atoms with Crippen LogP contribution in [-0.2, 0) is 14.3 Å². The summed E-state index contributed by atoms with van der Waals surface area (Å²) in [6.45, 7) is 0.